The molecule has 0 amide bonds. The van der Waals surface area contributed by atoms with Gasteiger partial charge < -0.3 is 10.1 Å². The van der Waals surface area contributed by atoms with E-state index < -0.39 is 11.7 Å². The van der Waals surface area contributed by atoms with Crippen LogP contribution in [0.25, 0.3) is 0 Å². The molecule has 0 spiro atoms. The molecule has 0 unspecified atom stereocenters. The molecule has 1 fully saturated rings. The smallest absolute Gasteiger partial charge is 0.416 e. The van der Waals surface area contributed by atoms with Crippen LogP contribution in [-0.4, -0.2) is 20.2 Å². The zero-order valence-corrected chi connectivity index (χ0v) is 11.2. The van der Waals surface area contributed by atoms with Gasteiger partial charge in [-0.2, -0.15) is 13.2 Å². The Labute approximate surface area is 114 Å². The van der Waals surface area contributed by atoms with Crippen LogP contribution in [0.15, 0.2) is 12.1 Å². The molecule has 106 valence electrons. The summed E-state index contributed by atoms with van der Waals surface area (Å²) >= 11 is 6.05. The molecule has 1 heterocycles. The molecule has 1 aromatic rings. The molecule has 0 bridgehead atoms. The lowest BCUT2D eigenvalue weighted by atomic mass is 9.89. The van der Waals surface area contributed by atoms with Crippen LogP contribution in [0.4, 0.5) is 13.2 Å². The zero-order valence-electron chi connectivity index (χ0n) is 10.5. The summed E-state index contributed by atoms with van der Waals surface area (Å²) in [5.74, 6) is 0.373. The molecule has 2 rings (SSSR count). The first-order chi connectivity index (χ1) is 8.93. The van der Waals surface area contributed by atoms with Crippen LogP contribution in [-0.2, 0) is 6.18 Å². The summed E-state index contributed by atoms with van der Waals surface area (Å²) < 4.78 is 43.3. The fraction of sp³-hybridized carbons (Fsp3) is 0.538. The molecule has 1 aliphatic rings. The highest BCUT2D eigenvalue weighted by atomic mass is 35.5. The highest BCUT2D eigenvalue weighted by Crippen LogP contribution is 2.42. The molecule has 0 saturated carbocycles. The minimum absolute atomic E-state index is 0.138. The fourth-order valence-electron chi connectivity index (χ4n) is 2.43. The van der Waals surface area contributed by atoms with Gasteiger partial charge in [-0.3, -0.25) is 0 Å². The number of benzene rings is 1. The van der Waals surface area contributed by atoms with Gasteiger partial charge in [0.2, 0.25) is 0 Å². The molecule has 2 nitrogen and oxygen atoms in total. The lowest BCUT2D eigenvalue weighted by Gasteiger charge is -2.26. The molecule has 19 heavy (non-hydrogen) atoms. The second-order valence-electron chi connectivity index (χ2n) is 4.60. The first-order valence-corrected chi connectivity index (χ1v) is 6.46. The largest absolute Gasteiger partial charge is 0.496 e. The summed E-state index contributed by atoms with van der Waals surface area (Å²) in [7, 11) is 1.37. The van der Waals surface area contributed by atoms with Crippen molar-refractivity contribution in [2.24, 2.45) is 0 Å². The average Bonchev–Trinajstić information content (AvgIpc) is 2.37. The number of alkyl halides is 3. The molecule has 0 radical (unpaired) electrons. The molecular weight excluding hydrogens is 279 g/mol. The lowest BCUT2D eigenvalue weighted by molar-refractivity contribution is -0.137. The number of rotatable bonds is 2. The standard InChI is InChI=1S/C13H15ClF3NO/c1-19-11-7-9(13(15,16)17)6-10(14)12(11)8-2-4-18-5-3-8/h6-8,18H,2-5H2,1H3. The number of nitrogens with one attached hydrogen (secondary N) is 1. The van der Waals surface area contributed by atoms with E-state index in [0.717, 1.165) is 38.1 Å². The van der Waals surface area contributed by atoms with Crippen molar-refractivity contribution in [1.82, 2.24) is 5.32 Å². The Morgan fingerprint density at radius 1 is 1.26 bits per heavy atom. The summed E-state index contributed by atoms with van der Waals surface area (Å²) in [6.45, 7) is 1.68. The number of hydrogen-bond acceptors (Lipinski definition) is 2. The van der Waals surface area contributed by atoms with Crippen molar-refractivity contribution in [2.75, 3.05) is 20.2 Å². The normalized spacial score (nSPS) is 17.5. The molecule has 1 N–H and O–H groups in total. The van der Waals surface area contributed by atoms with Crippen molar-refractivity contribution in [3.8, 4) is 5.75 Å². The molecule has 1 aliphatic heterocycles. The van der Waals surface area contributed by atoms with E-state index in [1.807, 2.05) is 0 Å². The third kappa shape index (κ3) is 3.15. The van der Waals surface area contributed by atoms with E-state index in [-0.39, 0.29) is 16.7 Å². The molecule has 1 saturated heterocycles. The van der Waals surface area contributed by atoms with E-state index in [9.17, 15) is 13.2 Å². The Balaban J connectivity index is 2.43. The Kier molecular flexibility index (Phi) is 4.26. The van der Waals surface area contributed by atoms with Crippen LogP contribution >= 0.6 is 11.6 Å². The molecule has 0 aromatic heterocycles. The molecule has 0 aliphatic carbocycles. The maximum absolute atomic E-state index is 12.7. The van der Waals surface area contributed by atoms with Crippen LogP contribution in [0.2, 0.25) is 5.02 Å². The zero-order chi connectivity index (χ0) is 14.0. The van der Waals surface area contributed by atoms with Gasteiger partial charge in [0.05, 0.1) is 12.7 Å². The first-order valence-electron chi connectivity index (χ1n) is 6.09. The molecule has 1 aromatic carbocycles. The Bertz CT molecular complexity index is 456. The van der Waals surface area contributed by atoms with Crippen LogP contribution in [0.3, 0.4) is 0 Å². The summed E-state index contributed by atoms with van der Waals surface area (Å²) in [5, 5.41) is 3.35. The maximum atomic E-state index is 12.7. The fourth-order valence-corrected chi connectivity index (χ4v) is 2.80. The number of ether oxygens (including phenoxy) is 1. The van der Waals surface area contributed by atoms with Crippen LogP contribution < -0.4 is 10.1 Å². The summed E-state index contributed by atoms with van der Waals surface area (Å²) in [6.07, 6.45) is -2.72. The summed E-state index contributed by atoms with van der Waals surface area (Å²) in [4.78, 5) is 0. The van der Waals surface area contributed by atoms with Crippen LogP contribution in [0.1, 0.15) is 29.9 Å². The number of hydrogen-bond donors (Lipinski definition) is 1. The van der Waals surface area contributed by atoms with E-state index in [4.69, 9.17) is 16.3 Å². The lowest BCUT2D eigenvalue weighted by Crippen LogP contribution is -2.27. The van der Waals surface area contributed by atoms with Gasteiger partial charge in [-0.25, -0.2) is 0 Å². The van der Waals surface area contributed by atoms with E-state index in [0.29, 0.717) is 5.56 Å². The SMILES string of the molecule is COc1cc(C(F)(F)F)cc(Cl)c1C1CCNCC1. The van der Waals surface area contributed by atoms with Gasteiger partial charge in [-0.05, 0) is 44.0 Å². The number of halogens is 4. The van der Waals surface area contributed by atoms with Gasteiger partial charge in [-0.1, -0.05) is 11.6 Å². The molecule has 6 heteroatoms. The van der Waals surface area contributed by atoms with Gasteiger partial charge in [0.15, 0.2) is 0 Å². The quantitative estimate of drug-likeness (QED) is 0.895. The third-order valence-corrected chi connectivity index (χ3v) is 3.70. The predicted octanol–water partition coefficient (Wildman–Crippen LogP) is 3.83. The number of piperidine rings is 1. The van der Waals surface area contributed by atoms with Crippen molar-refractivity contribution < 1.29 is 17.9 Å². The van der Waals surface area contributed by atoms with Crippen LogP contribution in [0, 0.1) is 0 Å². The van der Waals surface area contributed by atoms with Gasteiger partial charge in [-0.15, -0.1) is 0 Å². The monoisotopic (exact) mass is 293 g/mol. The van der Waals surface area contributed by atoms with Gasteiger partial charge >= 0.3 is 6.18 Å². The second kappa shape index (κ2) is 5.59. The molecule has 0 atom stereocenters. The Hall–Kier alpha value is -0.940. The Morgan fingerprint density at radius 3 is 2.42 bits per heavy atom. The van der Waals surface area contributed by atoms with Gasteiger partial charge in [0, 0.05) is 10.6 Å². The average molecular weight is 294 g/mol. The van der Waals surface area contributed by atoms with Gasteiger partial charge in [0.25, 0.3) is 0 Å². The minimum Gasteiger partial charge on any atom is -0.496 e. The van der Waals surface area contributed by atoms with Crippen LogP contribution in [0.5, 0.6) is 5.75 Å². The number of methoxy groups -OCH3 is 1. The van der Waals surface area contributed by atoms with Crippen molar-refractivity contribution in [1.29, 1.82) is 0 Å². The van der Waals surface area contributed by atoms with Crippen molar-refractivity contribution >= 4 is 11.6 Å². The Morgan fingerprint density at radius 2 is 1.89 bits per heavy atom. The highest BCUT2D eigenvalue weighted by Gasteiger charge is 2.33. The third-order valence-electron chi connectivity index (χ3n) is 3.39. The topological polar surface area (TPSA) is 21.3 Å². The maximum Gasteiger partial charge on any atom is 0.416 e. The summed E-state index contributed by atoms with van der Waals surface area (Å²) in [6, 6.07) is 2.02. The van der Waals surface area contributed by atoms with E-state index in [2.05, 4.69) is 5.32 Å². The van der Waals surface area contributed by atoms with E-state index in [1.54, 1.807) is 0 Å². The minimum atomic E-state index is -4.41. The van der Waals surface area contributed by atoms with E-state index in [1.165, 1.54) is 7.11 Å². The van der Waals surface area contributed by atoms with Crippen molar-refractivity contribution in [3.05, 3.63) is 28.3 Å². The van der Waals surface area contributed by atoms with E-state index >= 15 is 0 Å². The van der Waals surface area contributed by atoms with Crippen molar-refractivity contribution in [2.45, 2.75) is 24.9 Å². The van der Waals surface area contributed by atoms with Crippen molar-refractivity contribution in [3.63, 3.8) is 0 Å². The predicted molar refractivity (Wildman–Crippen MR) is 67.9 cm³/mol. The summed E-state index contributed by atoms with van der Waals surface area (Å²) in [5.41, 5.74) is -0.0781. The van der Waals surface area contributed by atoms with Gasteiger partial charge in [0.1, 0.15) is 5.75 Å². The first kappa shape index (κ1) is 14.5. The second-order valence-corrected chi connectivity index (χ2v) is 5.00. The molecular formula is C13H15ClF3NO. The highest BCUT2D eigenvalue weighted by molar-refractivity contribution is 6.31.